The second kappa shape index (κ2) is 7.55. The van der Waals surface area contributed by atoms with Gasteiger partial charge in [0.15, 0.2) is 0 Å². The number of pyridine rings is 1. The molecule has 0 spiro atoms. The zero-order chi connectivity index (χ0) is 18.7. The number of rotatable bonds is 4. The number of piperidine rings is 1. The quantitative estimate of drug-likeness (QED) is 0.894. The van der Waals surface area contributed by atoms with Crippen LogP contribution in [-0.2, 0) is 14.8 Å². The van der Waals surface area contributed by atoms with Crippen LogP contribution in [0.5, 0.6) is 0 Å². The Hall–Kier alpha value is -2.25. The summed E-state index contributed by atoms with van der Waals surface area (Å²) in [6, 6.07) is 8.89. The molecule has 0 saturated carbocycles. The van der Waals surface area contributed by atoms with E-state index in [1.165, 1.54) is 22.8 Å². The number of nitrogens with one attached hydrogen (secondary N) is 1. The van der Waals surface area contributed by atoms with E-state index in [-0.39, 0.29) is 23.3 Å². The Morgan fingerprint density at radius 1 is 1.23 bits per heavy atom. The van der Waals surface area contributed by atoms with E-state index in [9.17, 15) is 13.2 Å². The number of nitrogens with zero attached hydrogens (tertiary/aromatic N) is 2. The van der Waals surface area contributed by atoms with E-state index < -0.39 is 10.0 Å². The van der Waals surface area contributed by atoms with Crippen LogP contribution in [-0.4, -0.2) is 36.7 Å². The number of benzene rings is 1. The van der Waals surface area contributed by atoms with E-state index >= 15 is 0 Å². The average Bonchev–Trinajstić information content (AvgIpc) is 2.65. The molecule has 1 N–H and O–H groups in total. The maximum Gasteiger partial charge on any atom is 0.244 e. The normalized spacial score (nSPS) is 18.5. The van der Waals surface area contributed by atoms with E-state index in [0.29, 0.717) is 19.4 Å². The number of hydrogen-bond acceptors (Lipinski definition) is 4. The number of hydrogen-bond donors (Lipinski definition) is 1. The summed E-state index contributed by atoms with van der Waals surface area (Å²) in [4.78, 5) is 16.7. The minimum Gasteiger partial charge on any atom is -0.326 e. The highest BCUT2D eigenvalue weighted by atomic mass is 32.2. The van der Waals surface area contributed by atoms with Crippen molar-refractivity contribution in [2.75, 3.05) is 18.4 Å². The molecule has 138 valence electrons. The molecular formula is C19H23N3O3S. The lowest BCUT2D eigenvalue weighted by molar-refractivity contribution is -0.120. The van der Waals surface area contributed by atoms with Crippen molar-refractivity contribution >= 4 is 21.6 Å². The average molecular weight is 373 g/mol. The van der Waals surface area contributed by atoms with E-state index in [4.69, 9.17) is 0 Å². The first-order valence-corrected chi connectivity index (χ1v) is 10.1. The van der Waals surface area contributed by atoms with E-state index in [1.807, 2.05) is 32.0 Å². The molecule has 6 nitrogen and oxygen atoms in total. The molecule has 1 aliphatic heterocycles. The van der Waals surface area contributed by atoms with E-state index in [1.54, 1.807) is 6.07 Å². The lowest BCUT2D eigenvalue weighted by Crippen LogP contribution is -2.43. The lowest BCUT2D eigenvalue weighted by Gasteiger charge is -2.31. The number of amides is 1. The van der Waals surface area contributed by atoms with E-state index in [2.05, 4.69) is 10.3 Å². The third kappa shape index (κ3) is 3.94. The number of carbonyl (C=O) groups excluding carboxylic acids is 1. The van der Waals surface area contributed by atoms with Gasteiger partial charge < -0.3 is 5.32 Å². The van der Waals surface area contributed by atoms with Gasteiger partial charge in [0, 0.05) is 31.2 Å². The maximum absolute atomic E-state index is 12.8. The Morgan fingerprint density at radius 3 is 2.73 bits per heavy atom. The minimum absolute atomic E-state index is 0.140. The predicted octanol–water partition coefficient (Wildman–Crippen LogP) is 2.74. The van der Waals surface area contributed by atoms with Crippen molar-refractivity contribution in [1.82, 2.24) is 9.29 Å². The third-order valence-electron chi connectivity index (χ3n) is 4.80. The van der Waals surface area contributed by atoms with Gasteiger partial charge in [0.2, 0.25) is 15.9 Å². The highest BCUT2D eigenvalue weighted by Gasteiger charge is 2.33. The van der Waals surface area contributed by atoms with E-state index in [0.717, 1.165) is 16.8 Å². The molecule has 1 aromatic carbocycles. The van der Waals surface area contributed by atoms with Gasteiger partial charge >= 0.3 is 0 Å². The van der Waals surface area contributed by atoms with Gasteiger partial charge in [-0.15, -0.1) is 0 Å². The van der Waals surface area contributed by atoms with Crippen molar-refractivity contribution in [3.8, 4) is 0 Å². The van der Waals surface area contributed by atoms with Gasteiger partial charge in [-0.2, -0.15) is 4.31 Å². The topological polar surface area (TPSA) is 79.4 Å². The SMILES string of the molecule is Cc1ccc(NC(=O)[C@H]2CCCN(S(=O)(=O)c3cccnc3)C2)cc1C. The Balaban J connectivity index is 1.71. The summed E-state index contributed by atoms with van der Waals surface area (Å²) >= 11 is 0. The van der Waals surface area contributed by atoms with Crippen LogP contribution in [0.2, 0.25) is 0 Å². The molecule has 26 heavy (non-hydrogen) atoms. The standard InChI is InChI=1S/C19H23N3O3S/c1-14-7-8-17(11-15(14)2)21-19(23)16-5-4-10-22(13-16)26(24,25)18-6-3-9-20-12-18/h3,6-9,11-12,16H,4-5,10,13H2,1-2H3,(H,21,23)/t16-/m0/s1. The Kier molecular flexibility index (Phi) is 5.38. The van der Waals surface area contributed by atoms with Gasteiger partial charge in [-0.3, -0.25) is 9.78 Å². The fourth-order valence-corrected chi connectivity index (χ4v) is 4.58. The van der Waals surface area contributed by atoms with Crippen LogP contribution in [0.15, 0.2) is 47.6 Å². The van der Waals surface area contributed by atoms with Gasteiger partial charge in [-0.1, -0.05) is 6.07 Å². The molecule has 1 saturated heterocycles. The summed E-state index contributed by atoms with van der Waals surface area (Å²) < 4.78 is 26.9. The highest BCUT2D eigenvalue weighted by molar-refractivity contribution is 7.89. The molecule has 1 atom stereocenters. The zero-order valence-electron chi connectivity index (χ0n) is 15.0. The van der Waals surface area contributed by atoms with Gasteiger partial charge in [0.05, 0.1) is 5.92 Å². The second-order valence-electron chi connectivity index (χ2n) is 6.68. The predicted molar refractivity (Wildman–Crippen MR) is 100 cm³/mol. The smallest absolute Gasteiger partial charge is 0.244 e. The maximum atomic E-state index is 12.8. The molecule has 0 aliphatic carbocycles. The number of sulfonamides is 1. The van der Waals surface area contributed by atoms with Crippen molar-refractivity contribution in [3.63, 3.8) is 0 Å². The van der Waals surface area contributed by atoms with Crippen molar-refractivity contribution in [1.29, 1.82) is 0 Å². The number of aromatic nitrogens is 1. The number of anilines is 1. The molecule has 0 radical (unpaired) electrons. The molecular weight excluding hydrogens is 350 g/mol. The molecule has 7 heteroatoms. The first kappa shape index (κ1) is 18.5. The molecule has 1 amide bonds. The number of carbonyl (C=O) groups is 1. The van der Waals surface area contributed by atoms with Crippen LogP contribution in [0.1, 0.15) is 24.0 Å². The van der Waals surface area contributed by atoms with Crippen LogP contribution in [0, 0.1) is 19.8 Å². The molecule has 0 unspecified atom stereocenters. The van der Waals surface area contributed by atoms with Crippen LogP contribution in [0.3, 0.4) is 0 Å². The van der Waals surface area contributed by atoms with Crippen molar-refractivity contribution < 1.29 is 13.2 Å². The molecule has 3 rings (SSSR count). The Morgan fingerprint density at radius 2 is 2.04 bits per heavy atom. The summed E-state index contributed by atoms with van der Waals surface area (Å²) in [6.45, 7) is 4.62. The van der Waals surface area contributed by atoms with Crippen molar-refractivity contribution in [2.24, 2.45) is 5.92 Å². The first-order chi connectivity index (χ1) is 12.4. The fourth-order valence-electron chi connectivity index (χ4n) is 3.09. The van der Waals surface area contributed by atoms with Crippen LogP contribution in [0.25, 0.3) is 0 Å². The molecule has 1 aromatic heterocycles. The molecule has 0 bridgehead atoms. The molecule has 2 heterocycles. The van der Waals surface area contributed by atoms with Crippen LogP contribution >= 0.6 is 0 Å². The molecule has 1 fully saturated rings. The molecule has 2 aromatic rings. The van der Waals surface area contributed by atoms with Gasteiger partial charge in [0.25, 0.3) is 0 Å². The van der Waals surface area contributed by atoms with Gasteiger partial charge in [-0.05, 0) is 62.1 Å². The zero-order valence-corrected chi connectivity index (χ0v) is 15.8. The third-order valence-corrected chi connectivity index (χ3v) is 6.65. The first-order valence-electron chi connectivity index (χ1n) is 8.66. The summed E-state index contributed by atoms with van der Waals surface area (Å²) in [5, 5.41) is 2.92. The monoisotopic (exact) mass is 373 g/mol. The van der Waals surface area contributed by atoms with Gasteiger partial charge in [-0.25, -0.2) is 8.42 Å². The Bertz CT molecular complexity index is 898. The summed E-state index contributed by atoms with van der Waals surface area (Å²) in [7, 11) is -3.62. The number of aryl methyl sites for hydroxylation is 2. The second-order valence-corrected chi connectivity index (χ2v) is 8.62. The largest absolute Gasteiger partial charge is 0.326 e. The summed E-state index contributed by atoms with van der Waals surface area (Å²) in [6.07, 6.45) is 4.21. The van der Waals surface area contributed by atoms with Crippen LogP contribution in [0.4, 0.5) is 5.69 Å². The van der Waals surface area contributed by atoms with Crippen LogP contribution < -0.4 is 5.32 Å². The minimum atomic E-state index is -3.62. The van der Waals surface area contributed by atoms with Gasteiger partial charge in [0.1, 0.15) is 4.90 Å². The summed E-state index contributed by atoms with van der Waals surface area (Å²) in [5.74, 6) is -0.504. The fraction of sp³-hybridized carbons (Fsp3) is 0.368. The summed E-state index contributed by atoms with van der Waals surface area (Å²) in [5.41, 5.74) is 3.01. The van der Waals surface area contributed by atoms with Crippen molar-refractivity contribution in [3.05, 3.63) is 53.9 Å². The molecule has 1 aliphatic rings. The Labute approximate surface area is 154 Å². The van der Waals surface area contributed by atoms with Crippen molar-refractivity contribution in [2.45, 2.75) is 31.6 Å². The lowest BCUT2D eigenvalue weighted by atomic mass is 9.98. The highest BCUT2D eigenvalue weighted by Crippen LogP contribution is 2.24.